The van der Waals surface area contributed by atoms with E-state index in [4.69, 9.17) is 136 Å². The van der Waals surface area contributed by atoms with Crippen molar-refractivity contribution in [2.24, 2.45) is 5.41 Å². The average Bonchev–Trinajstić information content (AvgIpc) is 1.55. The summed E-state index contributed by atoms with van der Waals surface area (Å²) in [4.78, 5) is 32.2. The number of halogens is 14. The molecule has 15 rings (SSSR count). The number of nitrogens with zero attached hydrogens (tertiary/aromatic N) is 14. The van der Waals surface area contributed by atoms with Gasteiger partial charge in [0, 0.05) is 29.1 Å². The maximum Gasteiger partial charge on any atom is 0.0507 e. The van der Waals surface area contributed by atoms with Crippen molar-refractivity contribution in [1.29, 1.82) is 0 Å². The predicted molar refractivity (Wildman–Crippen MR) is 601 cm³/mol. The number of likely N-dealkylation sites (N-methyl/N-ethyl adjacent to an activating group) is 11. The molecule has 0 N–H and O–H groups in total. The smallest absolute Gasteiger partial charge is 0.0507 e. The Bertz CT molecular complexity index is 3960. The fraction of sp³-hybridized carbons (Fsp3) is 0.480. The first-order chi connectivity index (χ1) is 60.3. The van der Waals surface area contributed by atoms with Gasteiger partial charge in [-0.2, -0.15) is 13.3 Å². The van der Waals surface area contributed by atoms with Crippen LogP contribution in [0.5, 0.6) is 0 Å². The summed E-state index contributed by atoms with van der Waals surface area (Å²) in [6.07, 6.45) is 15.0. The van der Waals surface area contributed by atoms with Gasteiger partial charge in [0.05, 0.1) is 12.1 Å². The maximum absolute atomic E-state index is 5.55. The van der Waals surface area contributed by atoms with Crippen LogP contribution in [0.4, 0.5) is 17.1 Å². The minimum Gasteiger partial charge on any atom is -0.495 e. The van der Waals surface area contributed by atoms with Crippen LogP contribution in [0.2, 0.25) is 0 Å². The van der Waals surface area contributed by atoms with Crippen LogP contribution in [-0.4, -0.2) is 239 Å². The average molecular weight is 2770 g/mol. The second kappa shape index (κ2) is 82.2. The monoisotopic (exact) mass is 2770 g/mol. The van der Waals surface area contributed by atoms with Crippen molar-refractivity contribution in [3.63, 3.8) is 0 Å². The number of hydrogen-bond acceptors (Lipinski definition) is 14. The van der Waals surface area contributed by atoms with Crippen molar-refractivity contribution in [2.45, 2.75) is 197 Å². The summed E-state index contributed by atoms with van der Waals surface area (Å²) >= 11 is -10.0. The molecule has 5 aromatic carbocycles. The Hall–Kier alpha value is 2.35. The van der Waals surface area contributed by atoms with E-state index in [0.29, 0.717) is 18.1 Å². The fourth-order valence-electron chi connectivity index (χ4n) is 14.7. The zero-order chi connectivity index (χ0) is 96.7. The topological polar surface area (TPSA) is 45.4 Å². The molecule has 3 aliphatic carbocycles. The molecule has 2 saturated carbocycles. The van der Waals surface area contributed by atoms with Crippen LogP contribution in [0, 0.1) is 118 Å². The summed E-state index contributed by atoms with van der Waals surface area (Å²) in [5, 5.41) is 2.76. The van der Waals surface area contributed by atoms with Gasteiger partial charge in [-0.05, 0) is 238 Å². The van der Waals surface area contributed by atoms with Gasteiger partial charge in [-0.1, -0.05) is 131 Å². The molecular weight excluding hydrogens is 2600 g/mol. The zero-order valence-electron chi connectivity index (χ0n) is 86.2. The number of benzene rings is 5. The molecule has 135 heavy (non-hydrogen) atoms. The molecule has 8 atom stereocenters. The number of hydrogen-bond donors (Lipinski definition) is 0. The third-order valence-electron chi connectivity index (χ3n) is 21.3. The van der Waals surface area contributed by atoms with Gasteiger partial charge in [0.2, 0.25) is 0 Å². The van der Waals surface area contributed by atoms with Crippen LogP contribution in [0.15, 0.2) is 133 Å². The van der Waals surface area contributed by atoms with Crippen molar-refractivity contribution in [3.8, 4) is 0 Å². The SMILES string of the molecule is CC(C)(C)C=[C]=[Ru]([Cl])[Cl].CC(C)=C[CH]=[Ru]([Cl])[Cl].CN1[CH-]N(C)CC1.CN1[CH-]N(C)CC1.CN1[CH-]N(C)CC1.CN1[CH-]N(C)[C@@H]2CCCC[C@H]21.CN1[CH-]N(c2ccccc2)[C@@H]2CCCC[C@H]21.C[C@@H]1[C@@H](C)N(C)[CH-]N1C.C[CH]=[Ru]([Cl])[Cl].C[CH]=[Ru]([Cl])[Cl].C[CH]=[Ru]([Cl])[Cl].C[CH]=[Ru]([Cl])[Cl].C[CH]=[Ru]([Cl])[Cl].Cc1ccccc1N1[CH-]N(c2ccccc2C)C2c3cccc4cccc(c34)C21.[CH3-].[CH3-].[CH3-].[CH3-].[CH3-].[CH3-].[CH3-]. The zero-order valence-corrected chi connectivity index (χ0v) is 109. The third-order valence-corrected chi connectivity index (χ3v) is 37.6. The van der Waals surface area contributed by atoms with Crippen LogP contribution >= 0.6 is 136 Å². The van der Waals surface area contributed by atoms with Crippen LogP contribution in [0.3, 0.4) is 0 Å². The first-order valence-corrected chi connectivity index (χ1v) is 80.3. The molecule has 0 bridgehead atoms. The predicted octanol–water partition coefficient (Wildman–Crippen LogP) is 29.0. The second-order valence-electron chi connectivity index (χ2n) is 32.6. The number of allylic oxidation sites excluding steroid dienone is 3. The third kappa shape index (κ3) is 60.1. The molecule has 10 aliphatic rings. The molecule has 7 saturated heterocycles. The molecule has 35 heteroatoms. The Morgan fingerprint density at radius 1 is 0.356 bits per heavy atom. The van der Waals surface area contributed by atoms with Crippen molar-refractivity contribution >= 4 is 195 Å². The second-order valence-corrected chi connectivity index (χ2v) is 74.9. The summed E-state index contributed by atoms with van der Waals surface area (Å²) in [6, 6.07) is 46.6. The summed E-state index contributed by atoms with van der Waals surface area (Å²) < 4.78 is 14.0. The Morgan fingerprint density at radius 3 is 0.889 bits per heavy atom. The van der Waals surface area contributed by atoms with E-state index in [-0.39, 0.29) is 69.5 Å². The number of para-hydroxylation sites is 3. The molecule has 2 unspecified atom stereocenters. The molecule has 0 radical (unpaired) electrons. The van der Waals surface area contributed by atoms with Crippen molar-refractivity contribution in [3.05, 3.63) is 254 Å². The molecule has 9 fully saturated rings. The van der Waals surface area contributed by atoms with Crippen molar-refractivity contribution in [1.82, 2.24) is 53.9 Å². The largest absolute Gasteiger partial charge is 0.495 e. The van der Waals surface area contributed by atoms with E-state index in [1.165, 1.54) is 146 Å². The normalized spacial score (nSPS) is 21.4. The van der Waals surface area contributed by atoms with E-state index in [2.05, 4.69) is 361 Å². The number of fused-ring (bicyclic) bond motifs is 5. The molecule has 0 amide bonds. The Morgan fingerprint density at radius 2 is 0.644 bits per heavy atom. The molecule has 5 aromatic rings. The van der Waals surface area contributed by atoms with Gasteiger partial charge in [-0.25, -0.2) is 33.3 Å². The van der Waals surface area contributed by atoms with E-state index in [9.17, 15) is 0 Å². The van der Waals surface area contributed by atoms with Gasteiger partial charge >= 0.3 is 355 Å². The molecule has 0 spiro atoms. The van der Waals surface area contributed by atoms with Gasteiger partial charge in [-0.15, -0.1) is 0 Å². The number of aryl methyl sites for hydroxylation is 2. The Labute approximate surface area is 919 Å². The molecule has 7 heterocycles. The van der Waals surface area contributed by atoms with Crippen LogP contribution in [-0.2, 0) is 94.6 Å². The molecule has 7 aliphatic heterocycles. The van der Waals surface area contributed by atoms with Crippen molar-refractivity contribution < 1.29 is 94.6 Å². The Balaban J connectivity index is -0.000000347. The number of anilines is 3. The van der Waals surface area contributed by atoms with Crippen LogP contribution < -0.4 is 14.7 Å². The van der Waals surface area contributed by atoms with Gasteiger partial charge in [-0.3, -0.25) is 0 Å². The van der Waals surface area contributed by atoms with Gasteiger partial charge in [0.25, 0.3) is 0 Å². The van der Waals surface area contributed by atoms with Gasteiger partial charge < -0.3 is 121 Å². The first kappa shape index (κ1) is 148. The number of rotatable bonds is 4. The molecule has 804 valence electrons. The van der Waals surface area contributed by atoms with E-state index >= 15 is 0 Å². The Kier molecular flexibility index (Phi) is 90.1. The van der Waals surface area contributed by atoms with E-state index in [1.807, 2.05) is 88.3 Å². The van der Waals surface area contributed by atoms with Crippen LogP contribution in [0.1, 0.15) is 169 Å². The minimum absolute atomic E-state index is 0. The van der Waals surface area contributed by atoms with E-state index in [1.54, 1.807) is 0 Å². The van der Waals surface area contributed by atoms with E-state index < -0.39 is 94.6 Å². The standard InChI is InChI=1S/C27H23N2.C14H19N2.C9H17N2.C7H15N2.C6H10.3C5H11N2.C5H8.5C2H4.7CH3.14ClH.7Ru/c1-18-9-3-5-15-23(18)28-17-29(24-16-6-4-10-19(24)2)27-22-14-8-12-20-11-7-13-21(25(20)22)26(27)28;1-15-11-16(12-7-3-2-4-8-12)14-10-6-5-9-13(14)15;1-10-7-11(2)9-6-4-3-5-8(9)10;1-6-7(2)9(4)5-8(6)3;1-5-6(2,3)4;3*1-6-3-4-7(2)5-6;1-4-5(2)3;5*1-2;;;;;;;;;;;;;;;;;;;;;;;;;;;;/h3-17,26-27H,1-2H3;2-4,7-8,11,13-14H,5-6,9-10H2,1H3;7-9H,3-6H2,1-2H3;5-7H,1-4H3;5H,2-4H3;3*5H,3-4H2,1-2H3;1,4H,2-3H3;5*1H,2H3;7*1H3;14*1H;;;;;;;/q4*-1;;3*-1;;;;;;;7*-1;;;;;;;;;;;;;;;7*+2/p-14/t;13-,14-;8-,9-;6-,7-;;;;;;;;;;;;;;;;;;;;;;;;;;;;;;;;;;;;;;/m.111....................................../s1. The van der Waals surface area contributed by atoms with Gasteiger partial charge in [0.15, 0.2) is 0 Å². The summed E-state index contributed by atoms with van der Waals surface area (Å²) in [7, 11) is 98.7. The van der Waals surface area contributed by atoms with Crippen molar-refractivity contribution in [2.75, 3.05) is 131 Å². The molecule has 14 nitrogen and oxygen atoms in total. The first-order valence-electron chi connectivity index (χ1n) is 42.0. The quantitative estimate of drug-likeness (QED) is 0.127. The summed E-state index contributed by atoms with van der Waals surface area (Å²) in [5.41, 5.74) is 10.8. The summed E-state index contributed by atoms with van der Waals surface area (Å²) in [6.45, 7) is 51.0. The molecule has 0 aromatic heterocycles. The van der Waals surface area contributed by atoms with Gasteiger partial charge in [0.1, 0.15) is 0 Å². The van der Waals surface area contributed by atoms with E-state index in [0.717, 1.165) is 18.1 Å². The minimum atomic E-state index is -1.67. The summed E-state index contributed by atoms with van der Waals surface area (Å²) in [5.74, 6) is 0. The fourth-order valence-corrected chi connectivity index (χ4v) is 17.4. The van der Waals surface area contributed by atoms with Crippen LogP contribution in [0.25, 0.3) is 10.8 Å². The molecular formula is C100H166Cl14N14Ru7-14. The maximum atomic E-state index is 5.55.